The first-order valence-electron chi connectivity index (χ1n) is 5.33. The van der Waals surface area contributed by atoms with Gasteiger partial charge in [0, 0.05) is 13.1 Å². The van der Waals surface area contributed by atoms with Gasteiger partial charge in [-0.05, 0) is 12.1 Å². The predicted octanol–water partition coefficient (Wildman–Crippen LogP) is 0.180. The van der Waals surface area contributed by atoms with Crippen molar-refractivity contribution in [3.05, 3.63) is 23.8 Å². The van der Waals surface area contributed by atoms with Crippen LogP contribution in [-0.2, 0) is 4.79 Å². The van der Waals surface area contributed by atoms with E-state index in [1.165, 1.54) is 21.3 Å². The Morgan fingerprint density at radius 2 is 1.94 bits per heavy atom. The van der Waals surface area contributed by atoms with Gasteiger partial charge in [0.15, 0.2) is 0 Å². The second kappa shape index (κ2) is 6.48. The lowest BCUT2D eigenvalue weighted by Crippen LogP contribution is -2.35. The SMILES string of the molecule is CNC(=O)CNC(=O)c1ccc(OC)cc1OC. The van der Waals surface area contributed by atoms with Crippen molar-refractivity contribution in [1.82, 2.24) is 10.6 Å². The van der Waals surface area contributed by atoms with Gasteiger partial charge in [0.2, 0.25) is 5.91 Å². The fourth-order valence-electron chi connectivity index (χ4n) is 1.33. The van der Waals surface area contributed by atoms with Gasteiger partial charge in [-0.25, -0.2) is 0 Å². The molecule has 0 saturated heterocycles. The zero-order valence-corrected chi connectivity index (χ0v) is 10.6. The summed E-state index contributed by atoms with van der Waals surface area (Å²) in [4.78, 5) is 22.9. The summed E-state index contributed by atoms with van der Waals surface area (Å²) in [6, 6.07) is 4.84. The van der Waals surface area contributed by atoms with Crippen molar-refractivity contribution < 1.29 is 19.1 Å². The van der Waals surface area contributed by atoms with E-state index in [1.807, 2.05) is 0 Å². The molecule has 0 spiro atoms. The molecule has 6 heteroatoms. The highest BCUT2D eigenvalue weighted by Gasteiger charge is 2.13. The van der Waals surface area contributed by atoms with Crippen LogP contribution in [0.25, 0.3) is 0 Å². The Morgan fingerprint density at radius 3 is 2.50 bits per heavy atom. The van der Waals surface area contributed by atoms with Gasteiger partial charge in [-0.2, -0.15) is 0 Å². The van der Waals surface area contributed by atoms with Crippen LogP contribution in [0.3, 0.4) is 0 Å². The standard InChI is InChI=1S/C12H16N2O4/c1-13-11(15)7-14-12(16)9-5-4-8(17-2)6-10(9)18-3/h4-6H,7H2,1-3H3,(H,13,15)(H,14,16). The topological polar surface area (TPSA) is 76.7 Å². The lowest BCUT2D eigenvalue weighted by Gasteiger charge is -2.10. The number of carbonyl (C=O) groups excluding carboxylic acids is 2. The summed E-state index contributed by atoms with van der Waals surface area (Å²) in [5.74, 6) is 0.340. The first-order valence-corrected chi connectivity index (χ1v) is 5.33. The third kappa shape index (κ3) is 3.38. The van der Waals surface area contributed by atoms with Gasteiger partial charge in [-0.15, -0.1) is 0 Å². The van der Waals surface area contributed by atoms with Crippen molar-refractivity contribution >= 4 is 11.8 Å². The van der Waals surface area contributed by atoms with Crippen LogP contribution in [0.5, 0.6) is 11.5 Å². The zero-order chi connectivity index (χ0) is 13.5. The minimum absolute atomic E-state index is 0.0789. The molecule has 2 N–H and O–H groups in total. The number of ether oxygens (including phenoxy) is 2. The van der Waals surface area contributed by atoms with E-state index in [4.69, 9.17) is 9.47 Å². The Bertz CT molecular complexity index is 446. The molecule has 0 radical (unpaired) electrons. The van der Waals surface area contributed by atoms with Gasteiger partial charge in [0.25, 0.3) is 5.91 Å². The van der Waals surface area contributed by atoms with Crippen LogP contribution in [0.1, 0.15) is 10.4 Å². The van der Waals surface area contributed by atoms with Crippen molar-refractivity contribution in [3.8, 4) is 11.5 Å². The van der Waals surface area contributed by atoms with Gasteiger partial charge >= 0.3 is 0 Å². The average Bonchev–Trinajstić information content (AvgIpc) is 2.43. The van der Waals surface area contributed by atoms with E-state index in [9.17, 15) is 9.59 Å². The summed E-state index contributed by atoms with van der Waals surface area (Å²) in [6.07, 6.45) is 0. The third-order valence-electron chi connectivity index (χ3n) is 2.34. The second-order valence-electron chi connectivity index (χ2n) is 3.42. The summed E-state index contributed by atoms with van der Waals surface area (Å²) in [6.45, 7) is -0.0789. The molecule has 2 amide bonds. The van der Waals surface area contributed by atoms with Crippen LogP contribution in [0, 0.1) is 0 Å². The van der Waals surface area contributed by atoms with E-state index in [-0.39, 0.29) is 18.4 Å². The van der Waals surface area contributed by atoms with Crippen LogP contribution >= 0.6 is 0 Å². The number of carbonyl (C=O) groups is 2. The Hall–Kier alpha value is -2.24. The highest BCUT2D eigenvalue weighted by Crippen LogP contribution is 2.24. The average molecular weight is 252 g/mol. The Kier molecular flexibility index (Phi) is 4.98. The molecular formula is C12H16N2O4. The fourth-order valence-corrected chi connectivity index (χ4v) is 1.33. The van der Waals surface area contributed by atoms with Gasteiger partial charge in [-0.1, -0.05) is 0 Å². The molecular weight excluding hydrogens is 236 g/mol. The molecule has 18 heavy (non-hydrogen) atoms. The van der Waals surface area contributed by atoms with Crippen molar-refractivity contribution in [1.29, 1.82) is 0 Å². The minimum Gasteiger partial charge on any atom is -0.497 e. The molecule has 0 aliphatic heterocycles. The van der Waals surface area contributed by atoms with Crippen molar-refractivity contribution in [2.75, 3.05) is 27.8 Å². The highest BCUT2D eigenvalue weighted by atomic mass is 16.5. The third-order valence-corrected chi connectivity index (χ3v) is 2.34. The number of methoxy groups -OCH3 is 2. The smallest absolute Gasteiger partial charge is 0.255 e. The Balaban J connectivity index is 2.81. The number of hydrogen-bond donors (Lipinski definition) is 2. The minimum atomic E-state index is -0.377. The second-order valence-corrected chi connectivity index (χ2v) is 3.42. The molecule has 1 aromatic carbocycles. The fraction of sp³-hybridized carbons (Fsp3) is 0.333. The monoisotopic (exact) mass is 252 g/mol. The highest BCUT2D eigenvalue weighted by molar-refractivity contribution is 5.98. The van der Waals surface area contributed by atoms with Crippen LogP contribution in [0.4, 0.5) is 0 Å². The molecule has 0 saturated carbocycles. The lowest BCUT2D eigenvalue weighted by atomic mass is 10.1. The van der Waals surface area contributed by atoms with Gasteiger partial charge < -0.3 is 20.1 Å². The maximum atomic E-state index is 11.8. The molecule has 0 fully saturated rings. The zero-order valence-electron chi connectivity index (χ0n) is 10.6. The first kappa shape index (κ1) is 13.8. The molecule has 0 bridgehead atoms. The Labute approximate surface area is 105 Å². The molecule has 1 rings (SSSR count). The van der Waals surface area contributed by atoms with Gasteiger partial charge in [0.1, 0.15) is 11.5 Å². The quantitative estimate of drug-likeness (QED) is 0.783. The van der Waals surface area contributed by atoms with Gasteiger partial charge in [0.05, 0.1) is 26.3 Å². The molecule has 1 aromatic rings. The van der Waals surface area contributed by atoms with Crippen molar-refractivity contribution in [2.24, 2.45) is 0 Å². The van der Waals surface area contributed by atoms with Crippen LogP contribution in [0.2, 0.25) is 0 Å². The lowest BCUT2D eigenvalue weighted by molar-refractivity contribution is -0.119. The van der Waals surface area contributed by atoms with E-state index < -0.39 is 0 Å². The van der Waals surface area contributed by atoms with Crippen LogP contribution < -0.4 is 20.1 Å². The van der Waals surface area contributed by atoms with Crippen LogP contribution in [-0.4, -0.2) is 39.6 Å². The molecule has 0 atom stereocenters. The van der Waals surface area contributed by atoms with E-state index in [2.05, 4.69) is 10.6 Å². The van der Waals surface area contributed by atoms with Crippen molar-refractivity contribution in [2.45, 2.75) is 0 Å². The number of benzene rings is 1. The van der Waals surface area contributed by atoms with Crippen LogP contribution in [0.15, 0.2) is 18.2 Å². The number of amides is 2. The molecule has 0 aliphatic carbocycles. The number of rotatable bonds is 5. The summed E-state index contributed by atoms with van der Waals surface area (Å²) >= 11 is 0. The molecule has 6 nitrogen and oxygen atoms in total. The number of nitrogens with one attached hydrogen (secondary N) is 2. The molecule has 0 aliphatic rings. The summed E-state index contributed by atoms with van der Waals surface area (Å²) in [5, 5.41) is 4.90. The first-order chi connectivity index (χ1) is 8.62. The van der Waals surface area contributed by atoms with E-state index in [1.54, 1.807) is 18.2 Å². The van der Waals surface area contributed by atoms with E-state index >= 15 is 0 Å². The normalized spacial score (nSPS) is 9.50. The molecule has 0 heterocycles. The maximum Gasteiger partial charge on any atom is 0.255 e. The van der Waals surface area contributed by atoms with E-state index in [0.717, 1.165) is 0 Å². The summed E-state index contributed by atoms with van der Waals surface area (Å²) in [7, 11) is 4.49. The summed E-state index contributed by atoms with van der Waals surface area (Å²) in [5.41, 5.74) is 0.349. The van der Waals surface area contributed by atoms with Gasteiger partial charge in [-0.3, -0.25) is 9.59 Å². The van der Waals surface area contributed by atoms with E-state index in [0.29, 0.717) is 17.1 Å². The molecule has 98 valence electrons. The van der Waals surface area contributed by atoms with Crippen molar-refractivity contribution in [3.63, 3.8) is 0 Å². The molecule has 0 unspecified atom stereocenters. The number of likely N-dealkylation sites (N-methyl/N-ethyl adjacent to an activating group) is 1. The Morgan fingerprint density at radius 1 is 1.22 bits per heavy atom. The number of hydrogen-bond acceptors (Lipinski definition) is 4. The largest absolute Gasteiger partial charge is 0.497 e. The maximum absolute atomic E-state index is 11.8. The molecule has 0 aromatic heterocycles. The predicted molar refractivity (Wildman–Crippen MR) is 65.9 cm³/mol. The summed E-state index contributed by atoms with van der Waals surface area (Å²) < 4.78 is 10.1.